The largest absolute Gasteiger partial charge is 0.331 e. The molecule has 1 heterocycles. The third kappa shape index (κ3) is 3.59. The Balaban J connectivity index is 2.02. The Bertz CT molecular complexity index is 414. The predicted octanol–water partition coefficient (Wildman–Crippen LogP) is 3.35. The minimum Gasteiger partial charge on any atom is -0.331 e. The van der Waals surface area contributed by atoms with E-state index in [1.165, 1.54) is 37.1 Å². The van der Waals surface area contributed by atoms with Crippen LogP contribution in [0.25, 0.3) is 0 Å². The summed E-state index contributed by atoms with van der Waals surface area (Å²) in [6, 6.07) is 0.518. The van der Waals surface area contributed by atoms with Gasteiger partial charge in [0.05, 0.1) is 12.0 Å². The van der Waals surface area contributed by atoms with Crippen molar-refractivity contribution in [1.82, 2.24) is 14.9 Å². The first kappa shape index (κ1) is 14.6. The first-order chi connectivity index (χ1) is 8.88. The lowest BCUT2D eigenvalue weighted by Crippen LogP contribution is -2.40. The molecule has 1 N–H and O–H groups in total. The van der Waals surface area contributed by atoms with Gasteiger partial charge in [-0.3, -0.25) is 0 Å². The van der Waals surface area contributed by atoms with Crippen LogP contribution in [0.15, 0.2) is 6.33 Å². The molecular formula is C16H29N3. The van der Waals surface area contributed by atoms with Crippen molar-refractivity contribution in [1.29, 1.82) is 0 Å². The van der Waals surface area contributed by atoms with E-state index >= 15 is 0 Å². The zero-order valence-electron chi connectivity index (χ0n) is 13.2. The highest BCUT2D eigenvalue weighted by Gasteiger charge is 2.22. The molecule has 0 fully saturated rings. The lowest BCUT2D eigenvalue weighted by atomic mass is 9.98. The van der Waals surface area contributed by atoms with Crippen molar-refractivity contribution in [2.24, 2.45) is 5.92 Å². The molecule has 0 aromatic carbocycles. The summed E-state index contributed by atoms with van der Waals surface area (Å²) in [6.45, 7) is 12.4. The second kappa shape index (κ2) is 5.66. The van der Waals surface area contributed by atoms with E-state index in [0.29, 0.717) is 12.0 Å². The van der Waals surface area contributed by atoms with Gasteiger partial charge in [-0.2, -0.15) is 0 Å². The van der Waals surface area contributed by atoms with Gasteiger partial charge in [0, 0.05) is 23.8 Å². The number of imidazole rings is 1. The van der Waals surface area contributed by atoms with Gasteiger partial charge in [0.1, 0.15) is 0 Å². The summed E-state index contributed by atoms with van der Waals surface area (Å²) in [6.07, 6.45) is 7.07. The second-order valence-corrected chi connectivity index (χ2v) is 7.10. The average Bonchev–Trinajstić information content (AvgIpc) is 2.78. The third-order valence-electron chi connectivity index (χ3n) is 4.28. The number of nitrogens with zero attached hydrogens (tertiary/aromatic N) is 2. The summed E-state index contributed by atoms with van der Waals surface area (Å²) >= 11 is 0. The minimum absolute atomic E-state index is 0.197. The number of rotatable bonds is 4. The minimum atomic E-state index is 0.197. The quantitative estimate of drug-likeness (QED) is 0.903. The van der Waals surface area contributed by atoms with Crippen molar-refractivity contribution in [3.8, 4) is 0 Å². The lowest BCUT2D eigenvalue weighted by molar-refractivity contribution is 0.312. The van der Waals surface area contributed by atoms with Gasteiger partial charge >= 0.3 is 0 Å². The highest BCUT2D eigenvalue weighted by atomic mass is 15.1. The Morgan fingerprint density at radius 3 is 2.63 bits per heavy atom. The number of nitrogens with one attached hydrogen (secondary N) is 1. The summed E-state index contributed by atoms with van der Waals surface area (Å²) in [5, 5.41) is 3.61. The average molecular weight is 263 g/mol. The third-order valence-corrected chi connectivity index (χ3v) is 4.28. The van der Waals surface area contributed by atoms with Gasteiger partial charge in [0.2, 0.25) is 0 Å². The fourth-order valence-electron chi connectivity index (χ4n) is 2.76. The van der Waals surface area contributed by atoms with E-state index in [1.807, 2.05) is 0 Å². The molecule has 0 amide bonds. The van der Waals surface area contributed by atoms with Crippen molar-refractivity contribution < 1.29 is 0 Å². The monoisotopic (exact) mass is 263 g/mol. The lowest BCUT2D eigenvalue weighted by Gasteiger charge is -2.28. The molecule has 0 bridgehead atoms. The van der Waals surface area contributed by atoms with E-state index in [4.69, 9.17) is 0 Å². The van der Waals surface area contributed by atoms with Gasteiger partial charge in [0.15, 0.2) is 0 Å². The van der Waals surface area contributed by atoms with Crippen LogP contribution in [0.4, 0.5) is 0 Å². The normalized spacial score (nSPS) is 19.0. The predicted molar refractivity (Wildman–Crippen MR) is 80.5 cm³/mol. The van der Waals surface area contributed by atoms with Gasteiger partial charge in [-0.15, -0.1) is 0 Å². The Hall–Kier alpha value is -0.830. The van der Waals surface area contributed by atoms with Crippen LogP contribution in [0.2, 0.25) is 0 Å². The maximum atomic E-state index is 4.61. The molecule has 1 aromatic heterocycles. The second-order valence-electron chi connectivity index (χ2n) is 7.10. The Kier molecular flexibility index (Phi) is 4.34. The highest BCUT2D eigenvalue weighted by molar-refractivity contribution is 5.17. The maximum absolute atomic E-state index is 4.61. The van der Waals surface area contributed by atoms with Crippen LogP contribution in [0.1, 0.15) is 64.9 Å². The van der Waals surface area contributed by atoms with Gasteiger partial charge in [0.25, 0.3) is 0 Å². The van der Waals surface area contributed by atoms with Crippen molar-refractivity contribution in [3.05, 3.63) is 17.7 Å². The van der Waals surface area contributed by atoms with E-state index in [2.05, 4.69) is 55.8 Å². The van der Waals surface area contributed by atoms with Crippen LogP contribution in [0.5, 0.6) is 0 Å². The molecule has 108 valence electrons. The van der Waals surface area contributed by atoms with Crippen molar-refractivity contribution in [2.45, 2.75) is 71.9 Å². The number of hydrogen-bond donors (Lipinski definition) is 1. The molecular weight excluding hydrogens is 234 g/mol. The van der Waals surface area contributed by atoms with Gasteiger partial charge in [-0.1, -0.05) is 6.92 Å². The number of fused-ring (bicyclic) bond motifs is 1. The summed E-state index contributed by atoms with van der Waals surface area (Å²) in [5.74, 6) is 0.611. The molecule has 3 nitrogen and oxygen atoms in total. The zero-order chi connectivity index (χ0) is 14.0. The summed E-state index contributed by atoms with van der Waals surface area (Å²) in [4.78, 5) is 4.61. The van der Waals surface area contributed by atoms with Crippen LogP contribution in [-0.2, 0) is 12.8 Å². The fourth-order valence-corrected chi connectivity index (χ4v) is 2.76. The molecule has 1 aliphatic rings. The smallest absolute Gasteiger partial charge is 0.0954 e. The topological polar surface area (TPSA) is 29.9 Å². The van der Waals surface area contributed by atoms with E-state index in [9.17, 15) is 0 Å². The Labute approximate surface area is 117 Å². The molecule has 0 saturated heterocycles. The molecule has 0 radical (unpaired) electrons. The number of aryl methyl sites for hydroxylation is 1. The van der Waals surface area contributed by atoms with E-state index in [0.717, 1.165) is 6.54 Å². The van der Waals surface area contributed by atoms with Gasteiger partial charge < -0.3 is 9.88 Å². The van der Waals surface area contributed by atoms with Crippen LogP contribution >= 0.6 is 0 Å². The van der Waals surface area contributed by atoms with Crippen LogP contribution in [0, 0.1) is 5.92 Å². The van der Waals surface area contributed by atoms with Crippen molar-refractivity contribution in [3.63, 3.8) is 0 Å². The van der Waals surface area contributed by atoms with E-state index in [1.54, 1.807) is 0 Å². The summed E-state index contributed by atoms with van der Waals surface area (Å²) in [5.41, 5.74) is 3.03. The standard InChI is InChI=1S/C16H29N3/c1-12(10-18-16(3,4)5)13(2)19-11-17-14-8-6-7-9-15(14)19/h11-13,18H,6-10H2,1-5H3. The molecule has 3 heteroatoms. The molecule has 0 aliphatic heterocycles. The molecule has 0 saturated carbocycles. The number of aromatic nitrogens is 2. The van der Waals surface area contributed by atoms with Crippen LogP contribution < -0.4 is 5.32 Å². The zero-order valence-corrected chi connectivity index (χ0v) is 13.2. The first-order valence-corrected chi connectivity index (χ1v) is 7.68. The fraction of sp³-hybridized carbons (Fsp3) is 0.812. The molecule has 19 heavy (non-hydrogen) atoms. The van der Waals surface area contributed by atoms with Crippen molar-refractivity contribution in [2.75, 3.05) is 6.54 Å². The van der Waals surface area contributed by atoms with Crippen molar-refractivity contribution >= 4 is 0 Å². The maximum Gasteiger partial charge on any atom is 0.0954 e. The van der Waals surface area contributed by atoms with Crippen LogP contribution in [-0.4, -0.2) is 21.6 Å². The number of hydrogen-bond acceptors (Lipinski definition) is 2. The Morgan fingerprint density at radius 1 is 1.26 bits per heavy atom. The van der Waals surface area contributed by atoms with Gasteiger partial charge in [-0.05, 0) is 59.3 Å². The summed E-state index contributed by atoms with van der Waals surface area (Å²) < 4.78 is 2.42. The van der Waals surface area contributed by atoms with Gasteiger partial charge in [-0.25, -0.2) is 4.98 Å². The van der Waals surface area contributed by atoms with E-state index in [-0.39, 0.29) is 5.54 Å². The molecule has 1 aliphatic carbocycles. The summed E-state index contributed by atoms with van der Waals surface area (Å²) in [7, 11) is 0. The first-order valence-electron chi connectivity index (χ1n) is 7.68. The molecule has 1 aromatic rings. The molecule has 2 rings (SSSR count). The highest BCUT2D eigenvalue weighted by Crippen LogP contribution is 2.26. The molecule has 0 spiro atoms. The molecule has 2 atom stereocenters. The van der Waals surface area contributed by atoms with Crippen LogP contribution in [0.3, 0.4) is 0 Å². The van der Waals surface area contributed by atoms with E-state index < -0.39 is 0 Å². The SMILES string of the molecule is CC(CNC(C)(C)C)C(C)n1cnc2c1CCCC2. The molecule has 2 unspecified atom stereocenters. The Morgan fingerprint density at radius 2 is 1.95 bits per heavy atom.